The van der Waals surface area contributed by atoms with Gasteiger partial charge in [0, 0.05) is 6.42 Å². The van der Waals surface area contributed by atoms with Gasteiger partial charge in [0.05, 0.1) is 18.8 Å². The van der Waals surface area contributed by atoms with Crippen LogP contribution < -0.4 is 5.32 Å². The normalized spacial score (nSPS) is 13.4. The van der Waals surface area contributed by atoms with Crippen LogP contribution in [0, 0.1) is 0 Å². The molecule has 2 unspecified atom stereocenters. The van der Waals surface area contributed by atoms with Crippen LogP contribution in [0.15, 0.2) is 60.8 Å². The molecule has 0 aliphatic rings. The van der Waals surface area contributed by atoms with Gasteiger partial charge in [0.15, 0.2) is 0 Å². The van der Waals surface area contributed by atoms with E-state index in [9.17, 15) is 15.0 Å². The van der Waals surface area contributed by atoms with E-state index in [0.29, 0.717) is 6.42 Å². The molecule has 0 rings (SSSR count). The number of carbonyl (C=O) groups is 1. The Labute approximate surface area is 349 Å². The van der Waals surface area contributed by atoms with Crippen LogP contribution in [0.4, 0.5) is 0 Å². The van der Waals surface area contributed by atoms with Crippen LogP contribution in [0.2, 0.25) is 0 Å². The number of amides is 1. The van der Waals surface area contributed by atoms with Crippen molar-refractivity contribution >= 4 is 5.91 Å². The summed E-state index contributed by atoms with van der Waals surface area (Å²) in [4.78, 5) is 12.4. The highest BCUT2D eigenvalue weighted by molar-refractivity contribution is 5.76. The maximum absolute atomic E-state index is 12.4. The van der Waals surface area contributed by atoms with E-state index < -0.39 is 12.1 Å². The van der Waals surface area contributed by atoms with Gasteiger partial charge in [-0.15, -0.1) is 0 Å². The average Bonchev–Trinajstić information content (AvgIpc) is 3.20. The lowest BCUT2D eigenvalue weighted by Gasteiger charge is -2.19. The highest BCUT2D eigenvalue weighted by Crippen LogP contribution is 2.14. The first-order valence-electron chi connectivity index (χ1n) is 24.5. The fourth-order valence-corrected chi connectivity index (χ4v) is 7.18. The Balaban J connectivity index is 3.62. The zero-order valence-corrected chi connectivity index (χ0v) is 37.4. The Kier molecular flexibility index (Phi) is 45.8. The van der Waals surface area contributed by atoms with Gasteiger partial charge in [-0.1, -0.05) is 222 Å². The molecular formula is C52H95NO3. The molecule has 0 saturated heterocycles. The van der Waals surface area contributed by atoms with Crippen molar-refractivity contribution in [3.8, 4) is 0 Å². The summed E-state index contributed by atoms with van der Waals surface area (Å²) in [5.41, 5.74) is 0. The molecule has 3 N–H and O–H groups in total. The van der Waals surface area contributed by atoms with Crippen molar-refractivity contribution in [2.75, 3.05) is 6.61 Å². The SMILES string of the molecule is CCCCCCCCCCC/C=C\C/C=C\CCCCCCCCCCCC(=O)NC(CO)C(O)/C=C/CC/C=C/CC/C=C/CCCCCCCCCCC. The molecule has 0 saturated carbocycles. The summed E-state index contributed by atoms with van der Waals surface area (Å²) in [6, 6.07) is -0.650. The van der Waals surface area contributed by atoms with Crippen LogP contribution in [0.1, 0.15) is 245 Å². The molecule has 0 aromatic heterocycles. The number of rotatable bonds is 44. The van der Waals surface area contributed by atoms with E-state index in [-0.39, 0.29) is 12.5 Å². The number of aliphatic hydroxyl groups is 2. The van der Waals surface area contributed by atoms with Gasteiger partial charge < -0.3 is 15.5 Å². The van der Waals surface area contributed by atoms with Crippen molar-refractivity contribution < 1.29 is 15.0 Å². The number of hydrogen-bond donors (Lipinski definition) is 3. The summed E-state index contributed by atoms with van der Waals surface area (Å²) < 4.78 is 0. The van der Waals surface area contributed by atoms with E-state index in [1.54, 1.807) is 6.08 Å². The van der Waals surface area contributed by atoms with Crippen molar-refractivity contribution in [1.82, 2.24) is 5.32 Å². The minimum absolute atomic E-state index is 0.0826. The second-order valence-electron chi connectivity index (χ2n) is 16.5. The smallest absolute Gasteiger partial charge is 0.220 e. The molecule has 0 radical (unpaired) electrons. The third-order valence-corrected chi connectivity index (χ3v) is 11.0. The molecule has 4 nitrogen and oxygen atoms in total. The highest BCUT2D eigenvalue weighted by atomic mass is 16.3. The Hall–Kier alpha value is -1.91. The van der Waals surface area contributed by atoms with Crippen molar-refractivity contribution in [2.24, 2.45) is 0 Å². The first kappa shape index (κ1) is 54.1. The molecule has 0 bridgehead atoms. The van der Waals surface area contributed by atoms with E-state index in [0.717, 1.165) is 44.9 Å². The van der Waals surface area contributed by atoms with Gasteiger partial charge in [0.1, 0.15) is 0 Å². The maximum atomic E-state index is 12.4. The minimum atomic E-state index is -0.874. The quantitative estimate of drug-likeness (QED) is 0.0426. The topological polar surface area (TPSA) is 69.6 Å². The zero-order chi connectivity index (χ0) is 40.7. The van der Waals surface area contributed by atoms with Crippen molar-refractivity contribution in [3.05, 3.63) is 60.8 Å². The molecule has 0 aliphatic heterocycles. The number of unbranched alkanes of at least 4 members (excludes halogenated alkanes) is 29. The Morgan fingerprint density at radius 1 is 0.429 bits per heavy atom. The van der Waals surface area contributed by atoms with Gasteiger partial charge in [-0.2, -0.15) is 0 Å². The molecule has 4 heteroatoms. The fourth-order valence-electron chi connectivity index (χ4n) is 7.18. The lowest BCUT2D eigenvalue weighted by Crippen LogP contribution is -2.45. The average molecular weight is 782 g/mol. The number of aliphatic hydroxyl groups excluding tert-OH is 2. The second kappa shape index (κ2) is 47.5. The molecule has 56 heavy (non-hydrogen) atoms. The Morgan fingerprint density at radius 3 is 1.14 bits per heavy atom. The predicted octanol–water partition coefficient (Wildman–Crippen LogP) is 15.7. The first-order valence-corrected chi connectivity index (χ1v) is 24.5. The van der Waals surface area contributed by atoms with Gasteiger partial charge in [0.25, 0.3) is 0 Å². The van der Waals surface area contributed by atoms with Gasteiger partial charge in [-0.05, 0) is 77.0 Å². The van der Waals surface area contributed by atoms with Crippen LogP contribution in [-0.4, -0.2) is 34.9 Å². The molecule has 0 aliphatic carbocycles. The first-order chi connectivity index (χ1) is 27.7. The van der Waals surface area contributed by atoms with Crippen LogP contribution in [0.25, 0.3) is 0 Å². The zero-order valence-electron chi connectivity index (χ0n) is 37.4. The molecule has 0 heterocycles. The van der Waals surface area contributed by atoms with E-state index >= 15 is 0 Å². The monoisotopic (exact) mass is 782 g/mol. The van der Waals surface area contributed by atoms with Crippen LogP contribution in [-0.2, 0) is 4.79 Å². The molecule has 0 fully saturated rings. The van der Waals surface area contributed by atoms with E-state index in [2.05, 4.69) is 67.8 Å². The lowest BCUT2D eigenvalue weighted by molar-refractivity contribution is -0.123. The summed E-state index contributed by atoms with van der Waals surface area (Å²) in [6.45, 7) is 4.30. The van der Waals surface area contributed by atoms with Gasteiger partial charge in [-0.25, -0.2) is 0 Å². The minimum Gasteiger partial charge on any atom is -0.394 e. The van der Waals surface area contributed by atoms with Crippen molar-refractivity contribution in [3.63, 3.8) is 0 Å². The molecule has 326 valence electrons. The largest absolute Gasteiger partial charge is 0.394 e. The summed E-state index contributed by atoms with van der Waals surface area (Å²) in [5.74, 6) is -0.0826. The second-order valence-corrected chi connectivity index (χ2v) is 16.5. The molecule has 0 spiro atoms. The maximum Gasteiger partial charge on any atom is 0.220 e. The van der Waals surface area contributed by atoms with Crippen LogP contribution in [0.3, 0.4) is 0 Å². The number of nitrogens with one attached hydrogen (secondary N) is 1. The summed E-state index contributed by atoms with van der Waals surface area (Å²) in [5, 5.41) is 23.0. The Morgan fingerprint density at radius 2 is 0.750 bits per heavy atom. The summed E-state index contributed by atoms with van der Waals surface area (Å²) in [7, 11) is 0. The predicted molar refractivity (Wildman–Crippen MR) is 248 cm³/mol. The molecular weight excluding hydrogens is 687 g/mol. The highest BCUT2D eigenvalue weighted by Gasteiger charge is 2.17. The molecule has 0 aromatic carbocycles. The molecule has 2 atom stereocenters. The summed E-state index contributed by atoms with van der Waals surface area (Å²) in [6.07, 6.45) is 66.3. The third kappa shape index (κ3) is 43.2. The van der Waals surface area contributed by atoms with E-state index in [4.69, 9.17) is 0 Å². The van der Waals surface area contributed by atoms with Gasteiger partial charge in [-0.3, -0.25) is 4.79 Å². The standard InChI is InChI=1S/C52H95NO3/c1-3-5-7-9-11-13-15-17-19-21-23-24-25-26-27-28-30-32-34-36-38-40-42-44-46-48-52(56)53-50(49-54)51(55)47-45-43-41-39-37-35-33-31-29-22-20-18-16-14-12-10-8-6-4-2/h23-24,26-27,29,31,37,39,45,47,50-51,54-55H,3-22,25,28,30,32-36,38,40-44,46,48-49H2,1-2H3,(H,53,56)/b24-23-,27-26-,31-29+,39-37+,47-45+. The number of hydrogen-bond acceptors (Lipinski definition) is 3. The molecule has 1 amide bonds. The molecule has 0 aromatic rings. The van der Waals surface area contributed by atoms with E-state index in [1.807, 2.05) is 6.08 Å². The van der Waals surface area contributed by atoms with Crippen molar-refractivity contribution in [1.29, 1.82) is 0 Å². The third-order valence-electron chi connectivity index (χ3n) is 11.0. The number of allylic oxidation sites excluding steroid dienone is 9. The Bertz CT molecular complexity index is 934. The van der Waals surface area contributed by atoms with Gasteiger partial charge >= 0.3 is 0 Å². The van der Waals surface area contributed by atoms with Crippen LogP contribution in [0.5, 0.6) is 0 Å². The fraction of sp³-hybridized carbons (Fsp3) is 0.788. The van der Waals surface area contributed by atoms with Gasteiger partial charge in [0.2, 0.25) is 5.91 Å². The van der Waals surface area contributed by atoms with E-state index in [1.165, 1.54) is 180 Å². The van der Waals surface area contributed by atoms with Crippen molar-refractivity contribution in [2.45, 2.75) is 257 Å². The summed E-state index contributed by atoms with van der Waals surface area (Å²) >= 11 is 0. The number of carbonyl (C=O) groups excluding carboxylic acids is 1. The van der Waals surface area contributed by atoms with Crippen LogP contribution >= 0.6 is 0 Å². The lowest BCUT2D eigenvalue weighted by atomic mass is 10.1.